The quantitative estimate of drug-likeness (QED) is 0.848. The Kier molecular flexibility index (Phi) is 4.64. The smallest absolute Gasteiger partial charge is 0.307 e. The Labute approximate surface area is 130 Å². The van der Waals surface area contributed by atoms with E-state index >= 15 is 0 Å². The molecule has 0 aliphatic heterocycles. The molecule has 0 heterocycles. The number of sulfonamides is 1. The highest BCUT2D eigenvalue weighted by Gasteiger charge is 2.14. The van der Waals surface area contributed by atoms with Gasteiger partial charge in [0.15, 0.2) is 0 Å². The van der Waals surface area contributed by atoms with E-state index in [2.05, 4.69) is 20.7 Å². The van der Waals surface area contributed by atoms with Crippen LogP contribution in [0.3, 0.4) is 0 Å². The lowest BCUT2D eigenvalue weighted by molar-refractivity contribution is -0.136. The maximum Gasteiger partial charge on any atom is 0.307 e. The lowest BCUT2D eigenvalue weighted by Crippen LogP contribution is -2.13. The van der Waals surface area contributed by atoms with E-state index in [0.29, 0.717) is 15.7 Å². The molecule has 0 saturated heterocycles. The van der Waals surface area contributed by atoms with E-state index in [1.807, 2.05) is 0 Å². The third-order valence-corrected chi connectivity index (χ3v) is 4.51. The number of halogens is 1. The van der Waals surface area contributed by atoms with E-state index in [9.17, 15) is 13.2 Å². The zero-order chi connectivity index (χ0) is 15.5. The summed E-state index contributed by atoms with van der Waals surface area (Å²) < 4.78 is 27.6. The Morgan fingerprint density at radius 1 is 1.14 bits per heavy atom. The number of carboxylic acid groups (broad SMARTS) is 1. The fraction of sp³-hybridized carbons (Fsp3) is 0.0714. The maximum absolute atomic E-state index is 12.2. The molecular formula is C14H12BrNO4S. The molecule has 0 fully saturated rings. The molecule has 0 radical (unpaired) electrons. The number of benzene rings is 2. The number of hydrogen-bond donors (Lipinski definition) is 2. The van der Waals surface area contributed by atoms with Crippen LogP contribution in [0.25, 0.3) is 0 Å². The van der Waals surface area contributed by atoms with Crippen molar-refractivity contribution in [1.82, 2.24) is 0 Å². The molecule has 0 aliphatic rings. The predicted molar refractivity (Wildman–Crippen MR) is 82.7 cm³/mol. The van der Waals surface area contributed by atoms with Gasteiger partial charge in [-0.15, -0.1) is 0 Å². The van der Waals surface area contributed by atoms with Crippen LogP contribution in [0.5, 0.6) is 0 Å². The summed E-state index contributed by atoms with van der Waals surface area (Å²) in [4.78, 5) is 10.8. The van der Waals surface area contributed by atoms with Gasteiger partial charge in [0, 0.05) is 10.2 Å². The Morgan fingerprint density at radius 2 is 1.86 bits per heavy atom. The first-order valence-corrected chi connectivity index (χ1v) is 8.23. The SMILES string of the molecule is O=C(O)Cc1cccc(NS(=O)(=O)c2cccc(Br)c2)c1. The highest BCUT2D eigenvalue weighted by atomic mass is 79.9. The van der Waals surface area contributed by atoms with Crippen LogP contribution in [0, 0.1) is 0 Å². The van der Waals surface area contributed by atoms with Crippen LogP contribution in [0.1, 0.15) is 5.56 Å². The topological polar surface area (TPSA) is 83.5 Å². The molecule has 2 rings (SSSR count). The summed E-state index contributed by atoms with van der Waals surface area (Å²) in [5.41, 5.74) is 0.852. The molecule has 2 N–H and O–H groups in total. The fourth-order valence-corrected chi connectivity index (χ4v) is 3.41. The molecule has 0 atom stereocenters. The van der Waals surface area contributed by atoms with Gasteiger partial charge in [-0.2, -0.15) is 0 Å². The molecule has 7 heteroatoms. The molecule has 0 aliphatic carbocycles. The van der Waals surface area contributed by atoms with Gasteiger partial charge >= 0.3 is 5.97 Å². The average Bonchev–Trinajstić information content (AvgIpc) is 2.37. The molecule has 0 amide bonds. The monoisotopic (exact) mass is 369 g/mol. The molecule has 0 spiro atoms. The minimum atomic E-state index is -3.71. The number of carbonyl (C=O) groups is 1. The molecule has 5 nitrogen and oxygen atoms in total. The molecule has 2 aromatic rings. The van der Waals surface area contributed by atoms with Gasteiger partial charge in [-0.05, 0) is 35.9 Å². The summed E-state index contributed by atoms with van der Waals surface area (Å²) >= 11 is 3.22. The molecule has 0 unspecified atom stereocenters. The van der Waals surface area contributed by atoms with Gasteiger partial charge in [-0.25, -0.2) is 8.42 Å². The largest absolute Gasteiger partial charge is 0.481 e. The van der Waals surface area contributed by atoms with Gasteiger partial charge in [0.1, 0.15) is 0 Å². The first kappa shape index (κ1) is 15.5. The maximum atomic E-state index is 12.2. The third-order valence-electron chi connectivity index (χ3n) is 2.64. The fourth-order valence-electron chi connectivity index (χ4n) is 1.77. The van der Waals surface area contributed by atoms with Crippen LogP contribution in [0.2, 0.25) is 0 Å². The van der Waals surface area contributed by atoms with E-state index < -0.39 is 16.0 Å². The lowest BCUT2D eigenvalue weighted by Gasteiger charge is -2.09. The van der Waals surface area contributed by atoms with E-state index in [1.165, 1.54) is 18.2 Å². The number of hydrogen-bond acceptors (Lipinski definition) is 3. The number of nitrogens with one attached hydrogen (secondary N) is 1. The summed E-state index contributed by atoms with van der Waals surface area (Å²) in [6.45, 7) is 0. The minimum absolute atomic E-state index is 0.125. The minimum Gasteiger partial charge on any atom is -0.481 e. The van der Waals surface area contributed by atoms with E-state index in [4.69, 9.17) is 5.11 Å². The number of carboxylic acids is 1. The zero-order valence-corrected chi connectivity index (χ0v) is 13.2. The van der Waals surface area contributed by atoms with E-state index in [-0.39, 0.29) is 11.3 Å². The molecule has 110 valence electrons. The molecule has 2 aromatic carbocycles. The van der Waals surface area contributed by atoms with Crippen LogP contribution >= 0.6 is 15.9 Å². The van der Waals surface area contributed by atoms with Gasteiger partial charge < -0.3 is 5.11 Å². The number of anilines is 1. The Balaban J connectivity index is 2.26. The molecular weight excluding hydrogens is 358 g/mol. The molecule has 0 bridgehead atoms. The second-order valence-corrected chi connectivity index (χ2v) is 6.93. The molecule has 21 heavy (non-hydrogen) atoms. The van der Waals surface area contributed by atoms with Crippen molar-refractivity contribution >= 4 is 37.6 Å². The van der Waals surface area contributed by atoms with Crippen molar-refractivity contribution in [2.75, 3.05) is 4.72 Å². The van der Waals surface area contributed by atoms with Crippen LogP contribution in [-0.4, -0.2) is 19.5 Å². The summed E-state index contributed by atoms with van der Waals surface area (Å²) in [6.07, 6.45) is -0.160. The summed E-state index contributed by atoms with van der Waals surface area (Å²) in [5.74, 6) is -0.970. The highest BCUT2D eigenvalue weighted by molar-refractivity contribution is 9.10. The molecule has 0 aromatic heterocycles. The van der Waals surface area contributed by atoms with Crippen molar-refractivity contribution in [3.63, 3.8) is 0 Å². The zero-order valence-electron chi connectivity index (χ0n) is 10.8. The first-order chi connectivity index (χ1) is 9.87. The first-order valence-electron chi connectivity index (χ1n) is 5.96. The Morgan fingerprint density at radius 3 is 2.52 bits per heavy atom. The number of aliphatic carboxylic acids is 1. The summed E-state index contributed by atoms with van der Waals surface area (Å²) in [7, 11) is -3.71. The Hall–Kier alpha value is -1.86. The van der Waals surface area contributed by atoms with Crippen molar-refractivity contribution in [2.45, 2.75) is 11.3 Å². The summed E-state index contributed by atoms with van der Waals surface area (Å²) in [6, 6.07) is 12.6. The van der Waals surface area contributed by atoms with Crippen molar-refractivity contribution in [1.29, 1.82) is 0 Å². The lowest BCUT2D eigenvalue weighted by atomic mass is 10.1. The van der Waals surface area contributed by atoms with Crippen LogP contribution in [0.4, 0.5) is 5.69 Å². The van der Waals surface area contributed by atoms with Gasteiger partial charge in [-0.1, -0.05) is 34.1 Å². The van der Waals surface area contributed by atoms with Gasteiger partial charge in [0.05, 0.1) is 11.3 Å². The van der Waals surface area contributed by atoms with Gasteiger partial charge in [0.25, 0.3) is 10.0 Å². The van der Waals surface area contributed by atoms with Crippen LogP contribution < -0.4 is 4.72 Å². The van der Waals surface area contributed by atoms with Gasteiger partial charge in [-0.3, -0.25) is 9.52 Å². The third kappa shape index (κ3) is 4.30. The highest BCUT2D eigenvalue weighted by Crippen LogP contribution is 2.20. The second-order valence-electron chi connectivity index (χ2n) is 4.33. The number of rotatable bonds is 5. The van der Waals surface area contributed by atoms with Crippen LogP contribution in [0.15, 0.2) is 57.9 Å². The van der Waals surface area contributed by atoms with E-state index in [1.54, 1.807) is 30.3 Å². The Bertz CT molecular complexity index is 774. The van der Waals surface area contributed by atoms with Crippen molar-refractivity contribution < 1.29 is 18.3 Å². The average molecular weight is 370 g/mol. The van der Waals surface area contributed by atoms with Crippen molar-refractivity contribution in [3.05, 3.63) is 58.6 Å². The second kappa shape index (κ2) is 6.28. The van der Waals surface area contributed by atoms with Crippen molar-refractivity contribution in [3.8, 4) is 0 Å². The molecule has 0 saturated carbocycles. The van der Waals surface area contributed by atoms with Gasteiger partial charge in [0.2, 0.25) is 0 Å². The van der Waals surface area contributed by atoms with E-state index in [0.717, 1.165) is 0 Å². The van der Waals surface area contributed by atoms with Crippen LogP contribution in [-0.2, 0) is 21.2 Å². The predicted octanol–water partition coefficient (Wildman–Crippen LogP) is 2.88. The summed E-state index contributed by atoms with van der Waals surface area (Å²) in [5, 5.41) is 8.76. The standard InChI is InChI=1S/C14H12BrNO4S/c15-11-4-2-6-13(9-11)21(19,20)16-12-5-1-3-10(7-12)8-14(17)18/h1-7,9,16H,8H2,(H,17,18). The van der Waals surface area contributed by atoms with Crippen molar-refractivity contribution in [2.24, 2.45) is 0 Å². The normalized spacial score (nSPS) is 11.1.